The lowest BCUT2D eigenvalue weighted by Gasteiger charge is -2.15. The van der Waals surface area contributed by atoms with Crippen LogP contribution in [0.15, 0.2) is 23.8 Å². The number of rotatable bonds is 4. The molecule has 0 heterocycles. The van der Waals surface area contributed by atoms with Crippen molar-refractivity contribution in [3.63, 3.8) is 0 Å². The van der Waals surface area contributed by atoms with Gasteiger partial charge < -0.3 is 14.2 Å². The summed E-state index contributed by atoms with van der Waals surface area (Å²) in [5, 5.41) is 0. The highest BCUT2D eigenvalue weighted by molar-refractivity contribution is 6.03. The Morgan fingerprint density at radius 1 is 1.11 bits per heavy atom. The number of methoxy groups -OCH3 is 3. The molecule has 19 heavy (non-hydrogen) atoms. The monoisotopic (exact) mass is 262 g/mol. The van der Waals surface area contributed by atoms with E-state index in [0.717, 1.165) is 24.0 Å². The summed E-state index contributed by atoms with van der Waals surface area (Å²) in [7, 11) is 4.74. The van der Waals surface area contributed by atoms with Gasteiger partial charge >= 0.3 is 0 Å². The molecule has 0 bridgehead atoms. The van der Waals surface area contributed by atoms with Gasteiger partial charge in [0.25, 0.3) is 0 Å². The van der Waals surface area contributed by atoms with Gasteiger partial charge in [-0.1, -0.05) is 6.07 Å². The number of carbonyl (C=O) groups is 1. The molecular formula is C15H18O4. The van der Waals surface area contributed by atoms with E-state index in [2.05, 4.69) is 0 Å². The van der Waals surface area contributed by atoms with Gasteiger partial charge in [0.15, 0.2) is 17.3 Å². The maximum Gasteiger partial charge on any atom is 0.171 e. The molecule has 4 nitrogen and oxygen atoms in total. The lowest BCUT2D eigenvalue weighted by molar-refractivity contribution is -0.114. The van der Waals surface area contributed by atoms with Crippen LogP contribution in [0.25, 0.3) is 5.76 Å². The Morgan fingerprint density at radius 3 is 2.42 bits per heavy atom. The molecule has 0 amide bonds. The van der Waals surface area contributed by atoms with Crippen molar-refractivity contribution in [3.8, 4) is 11.5 Å². The zero-order valence-electron chi connectivity index (χ0n) is 11.5. The van der Waals surface area contributed by atoms with Crippen molar-refractivity contribution >= 4 is 11.5 Å². The minimum absolute atomic E-state index is 0.154. The van der Waals surface area contributed by atoms with Crippen LogP contribution in [-0.4, -0.2) is 27.1 Å². The fourth-order valence-electron chi connectivity index (χ4n) is 2.42. The average molecular weight is 262 g/mol. The van der Waals surface area contributed by atoms with Gasteiger partial charge in [-0.15, -0.1) is 0 Å². The summed E-state index contributed by atoms with van der Waals surface area (Å²) in [6.45, 7) is 0. The van der Waals surface area contributed by atoms with Crippen molar-refractivity contribution in [2.45, 2.75) is 19.3 Å². The number of allylic oxidation sites excluding steroid dienone is 1. The largest absolute Gasteiger partial charge is 0.496 e. The van der Waals surface area contributed by atoms with Gasteiger partial charge in [-0.3, -0.25) is 4.79 Å². The van der Waals surface area contributed by atoms with Gasteiger partial charge in [0.1, 0.15) is 5.76 Å². The number of hydrogen-bond donors (Lipinski definition) is 0. The van der Waals surface area contributed by atoms with Crippen LogP contribution in [0.4, 0.5) is 0 Å². The van der Waals surface area contributed by atoms with Crippen LogP contribution in [0, 0.1) is 0 Å². The summed E-state index contributed by atoms with van der Waals surface area (Å²) in [5.41, 5.74) is 1.50. The van der Waals surface area contributed by atoms with E-state index in [1.54, 1.807) is 21.3 Å². The van der Waals surface area contributed by atoms with E-state index in [1.165, 1.54) is 0 Å². The van der Waals surface area contributed by atoms with Crippen molar-refractivity contribution in [1.82, 2.24) is 0 Å². The van der Waals surface area contributed by atoms with Gasteiger partial charge in [0, 0.05) is 12.0 Å². The quantitative estimate of drug-likeness (QED) is 0.618. The Kier molecular flexibility index (Phi) is 4.10. The summed E-state index contributed by atoms with van der Waals surface area (Å²) in [4.78, 5) is 11.9. The molecule has 1 aliphatic rings. The predicted molar refractivity (Wildman–Crippen MR) is 72.3 cm³/mol. The normalized spacial score (nSPS) is 17.3. The third-order valence-corrected chi connectivity index (χ3v) is 3.29. The highest BCUT2D eigenvalue weighted by Gasteiger charge is 2.25. The fraction of sp³-hybridized carbons (Fsp3) is 0.400. The molecule has 4 heteroatoms. The Balaban J connectivity index is 2.59. The van der Waals surface area contributed by atoms with Crippen LogP contribution in [0.1, 0.15) is 24.8 Å². The molecule has 1 fully saturated rings. The summed E-state index contributed by atoms with van der Waals surface area (Å²) in [6, 6.07) is 5.55. The van der Waals surface area contributed by atoms with E-state index in [9.17, 15) is 4.79 Å². The van der Waals surface area contributed by atoms with Crippen LogP contribution in [0.3, 0.4) is 0 Å². The summed E-state index contributed by atoms with van der Waals surface area (Å²) >= 11 is 0. The zero-order valence-corrected chi connectivity index (χ0v) is 11.5. The lowest BCUT2D eigenvalue weighted by atomic mass is 10.0. The number of Topliss-reactive ketones (excluding diaryl/α,β-unsaturated/α-hetero) is 1. The number of carbonyl (C=O) groups excluding carboxylic acids is 1. The number of para-hydroxylation sites is 1. The SMILES string of the molecule is COC(=C1CCCC1=O)c1cccc(OC)c1OC. The lowest BCUT2D eigenvalue weighted by Crippen LogP contribution is -2.02. The number of hydrogen-bond acceptors (Lipinski definition) is 4. The zero-order chi connectivity index (χ0) is 13.8. The Morgan fingerprint density at radius 2 is 1.89 bits per heavy atom. The Bertz CT molecular complexity index is 517. The van der Waals surface area contributed by atoms with Gasteiger partial charge in [-0.2, -0.15) is 0 Å². The van der Waals surface area contributed by atoms with E-state index in [4.69, 9.17) is 14.2 Å². The topological polar surface area (TPSA) is 44.8 Å². The van der Waals surface area contributed by atoms with E-state index < -0.39 is 0 Å². The Hall–Kier alpha value is -1.97. The molecule has 1 aliphatic carbocycles. The molecule has 0 radical (unpaired) electrons. The summed E-state index contributed by atoms with van der Waals surface area (Å²) in [6.07, 6.45) is 2.23. The second kappa shape index (κ2) is 5.78. The first-order chi connectivity index (χ1) is 9.22. The van der Waals surface area contributed by atoms with Crippen LogP contribution in [0.5, 0.6) is 11.5 Å². The minimum Gasteiger partial charge on any atom is -0.496 e. The maximum atomic E-state index is 11.9. The number of benzene rings is 1. The van der Waals surface area contributed by atoms with Crippen molar-refractivity contribution in [1.29, 1.82) is 0 Å². The van der Waals surface area contributed by atoms with E-state index in [0.29, 0.717) is 23.7 Å². The Labute approximate surface area is 113 Å². The van der Waals surface area contributed by atoms with Gasteiger partial charge in [0.2, 0.25) is 0 Å². The standard InChI is InChI=1S/C15H18O4/c1-17-13-9-5-7-11(15(13)19-3)14(18-2)10-6-4-8-12(10)16/h5,7,9H,4,6,8H2,1-3H3. The number of ketones is 1. The van der Waals surface area contributed by atoms with Gasteiger partial charge in [-0.05, 0) is 25.0 Å². The third kappa shape index (κ3) is 2.43. The fourth-order valence-corrected chi connectivity index (χ4v) is 2.42. The molecule has 0 aliphatic heterocycles. The van der Waals surface area contributed by atoms with E-state index >= 15 is 0 Å². The van der Waals surface area contributed by atoms with Crippen molar-refractivity contribution in [2.75, 3.05) is 21.3 Å². The second-order valence-electron chi connectivity index (χ2n) is 4.33. The summed E-state index contributed by atoms with van der Waals surface area (Å²) in [5.74, 6) is 1.97. The van der Waals surface area contributed by atoms with Crippen LogP contribution >= 0.6 is 0 Å². The van der Waals surface area contributed by atoms with Crippen molar-refractivity contribution in [2.24, 2.45) is 0 Å². The third-order valence-electron chi connectivity index (χ3n) is 3.29. The molecule has 0 aromatic heterocycles. The second-order valence-corrected chi connectivity index (χ2v) is 4.33. The van der Waals surface area contributed by atoms with Crippen LogP contribution in [0.2, 0.25) is 0 Å². The molecule has 1 saturated carbocycles. The molecule has 1 aromatic carbocycles. The average Bonchev–Trinajstić information content (AvgIpc) is 2.85. The smallest absolute Gasteiger partial charge is 0.171 e. The first-order valence-electron chi connectivity index (χ1n) is 6.24. The maximum absolute atomic E-state index is 11.9. The highest BCUT2D eigenvalue weighted by Crippen LogP contribution is 2.38. The predicted octanol–water partition coefficient (Wildman–Crippen LogP) is 2.81. The molecule has 0 unspecified atom stereocenters. The first-order valence-corrected chi connectivity index (χ1v) is 6.24. The number of ether oxygens (including phenoxy) is 3. The van der Waals surface area contributed by atoms with E-state index in [-0.39, 0.29) is 5.78 Å². The van der Waals surface area contributed by atoms with E-state index in [1.807, 2.05) is 18.2 Å². The first kappa shape index (κ1) is 13.5. The van der Waals surface area contributed by atoms with Gasteiger partial charge in [0.05, 0.1) is 26.9 Å². The van der Waals surface area contributed by atoms with Crippen LogP contribution < -0.4 is 9.47 Å². The molecule has 0 spiro atoms. The molecule has 0 atom stereocenters. The summed E-state index contributed by atoms with van der Waals surface area (Å²) < 4.78 is 16.1. The minimum atomic E-state index is 0.154. The van der Waals surface area contributed by atoms with Crippen molar-refractivity contribution in [3.05, 3.63) is 29.3 Å². The molecule has 0 N–H and O–H groups in total. The molecule has 102 valence electrons. The highest BCUT2D eigenvalue weighted by atomic mass is 16.5. The molecule has 2 rings (SSSR count). The molecular weight excluding hydrogens is 244 g/mol. The van der Waals surface area contributed by atoms with Crippen LogP contribution in [-0.2, 0) is 9.53 Å². The molecule has 0 saturated heterocycles. The van der Waals surface area contributed by atoms with Gasteiger partial charge in [-0.25, -0.2) is 0 Å². The van der Waals surface area contributed by atoms with Crippen molar-refractivity contribution < 1.29 is 19.0 Å². The molecule has 1 aromatic rings.